The lowest BCUT2D eigenvalue weighted by Gasteiger charge is -2.62. The third-order valence-electron chi connectivity index (χ3n) is 7.80. The quantitative estimate of drug-likeness (QED) is 0.597. The molecule has 1 N–H and O–H groups in total. The van der Waals surface area contributed by atoms with Crippen molar-refractivity contribution < 1.29 is 5.11 Å². The molecule has 3 rings (SSSR count). The second kappa shape index (κ2) is 4.85. The van der Waals surface area contributed by atoms with Crippen LogP contribution < -0.4 is 0 Å². The summed E-state index contributed by atoms with van der Waals surface area (Å²) < 4.78 is 0. The Morgan fingerprint density at radius 1 is 1.00 bits per heavy atom. The molecular weight excluding hydrogens is 256 g/mol. The number of aliphatic hydroxyl groups is 1. The van der Waals surface area contributed by atoms with Crippen molar-refractivity contribution in [2.24, 2.45) is 28.1 Å². The number of hydrogen-bond donors (Lipinski definition) is 1. The van der Waals surface area contributed by atoms with Crippen LogP contribution in [0.5, 0.6) is 0 Å². The average Bonchev–Trinajstić information content (AvgIpc) is 2.46. The lowest BCUT2D eigenvalue weighted by Crippen LogP contribution is -2.54. The predicted octanol–water partition coefficient (Wildman–Crippen LogP) is 5.34. The molecule has 3 aliphatic carbocycles. The Balaban J connectivity index is 1.98. The molecule has 120 valence electrons. The maximum absolute atomic E-state index is 10.4. The molecule has 0 bridgehead atoms. The summed E-state index contributed by atoms with van der Waals surface area (Å²) in [7, 11) is 0. The van der Waals surface area contributed by atoms with Gasteiger partial charge in [-0.2, -0.15) is 0 Å². The number of fused-ring (bicyclic) bond motifs is 3. The first-order valence-electron chi connectivity index (χ1n) is 9.05. The van der Waals surface area contributed by atoms with Crippen molar-refractivity contribution in [1.29, 1.82) is 0 Å². The first-order valence-corrected chi connectivity index (χ1v) is 9.05. The topological polar surface area (TPSA) is 20.2 Å². The Hall–Kier alpha value is -0.300. The molecule has 1 nitrogen and oxygen atoms in total. The third-order valence-corrected chi connectivity index (χ3v) is 7.80. The molecule has 1 heteroatoms. The van der Waals surface area contributed by atoms with Gasteiger partial charge in [0.15, 0.2) is 0 Å². The standard InChI is InChI=1S/C20H34O/c1-14-7-8-17-19(4,13-15(14)21)12-9-16-18(2,3)10-6-11-20(16,17)5/h15-17,21H,1,6-13H2,2-5H3/t15?,16?,17?,19-,20-/m0/s1. The molecule has 0 aromatic heterocycles. The molecule has 3 unspecified atom stereocenters. The van der Waals surface area contributed by atoms with E-state index >= 15 is 0 Å². The molecule has 0 aromatic rings. The highest BCUT2D eigenvalue weighted by atomic mass is 16.3. The second-order valence-electron chi connectivity index (χ2n) is 9.56. The molecule has 0 aromatic carbocycles. The van der Waals surface area contributed by atoms with Crippen LogP contribution in [0.1, 0.15) is 79.1 Å². The lowest BCUT2D eigenvalue weighted by atomic mass is 9.42. The van der Waals surface area contributed by atoms with Crippen LogP contribution in [0.15, 0.2) is 12.2 Å². The zero-order valence-corrected chi connectivity index (χ0v) is 14.5. The van der Waals surface area contributed by atoms with Crippen molar-refractivity contribution in [1.82, 2.24) is 0 Å². The first-order chi connectivity index (χ1) is 9.69. The monoisotopic (exact) mass is 290 g/mol. The molecule has 5 atom stereocenters. The van der Waals surface area contributed by atoms with Crippen molar-refractivity contribution in [2.75, 3.05) is 0 Å². The Kier molecular flexibility index (Phi) is 3.60. The predicted molar refractivity (Wildman–Crippen MR) is 89.1 cm³/mol. The maximum atomic E-state index is 10.4. The molecule has 0 aliphatic heterocycles. The summed E-state index contributed by atoms with van der Waals surface area (Å²) >= 11 is 0. The fraction of sp³-hybridized carbons (Fsp3) is 0.900. The van der Waals surface area contributed by atoms with Crippen molar-refractivity contribution in [3.05, 3.63) is 12.2 Å². The Morgan fingerprint density at radius 2 is 1.71 bits per heavy atom. The van der Waals surface area contributed by atoms with Gasteiger partial charge in [-0.3, -0.25) is 0 Å². The average molecular weight is 290 g/mol. The SMILES string of the molecule is C=C1CCC2[C@@](C)(CCC3C(C)(C)CCC[C@@]32C)CC1O. The van der Waals surface area contributed by atoms with E-state index in [0.717, 1.165) is 30.3 Å². The molecular formula is C20H34O. The number of hydrogen-bond acceptors (Lipinski definition) is 1. The van der Waals surface area contributed by atoms with Gasteiger partial charge in [0.05, 0.1) is 6.10 Å². The van der Waals surface area contributed by atoms with Gasteiger partial charge in [-0.15, -0.1) is 0 Å². The van der Waals surface area contributed by atoms with Crippen molar-refractivity contribution >= 4 is 0 Å². The van der Waals surface area contributed by atoms with E-state index in [1.165, 1.54) is 38.5 Å². The first kappa shape index (κ1) is 15.6. The Labute approximate surface area is 131 Å². The molecule has 0 saturated heterocycles. The van der Waals surface area contributed by atoms with Crippen LogP contribution in [0.2, 0.25) is 0 Å². The minimum atomic E-state index is -0.267. The summed E-state index contributed by atoms with van der Waals surface area (Å²) in [6.45, 7) is 14.2. The van der Waals surface area contributed by atoms with E-state index in [0.29, 0.717) is 16.2 Å². The fourth-order valence-electron chi connectivity index (χ4n) is 6.75. The summed E-state index contributed by atoms with van der Waals surface area (Å²) in [6, 6.07) is 0. The van der Waals surface area contributed by atoms with Crippen LogP contribution in [0.25, 0.3) is 0 Å². The van der Waals surface area contributed by atoms with Crippen LogP contribution in [0, 0.1) is 28.1 Å². The maximum Gasteiger partial charge on any atom is 0.0752 e. The molecule has 3 fully saturated rings. The molecule has 0 spiro atoms. The van der Waals surface area contributed by atoms with Crippen LogP contribution >= 0.6 is 0 Å². The minimum absolute atomic E-state index is 0.267. The smallest absolute Gasteiger partial charge is 0.0752 e. The summed E-state index contributed by atoms with van der Waals surface area (Å²) in [5.74, 6) is 1.62. The highest BCUT2D eigenvalue weighted by Gasteiger charge is 2.58. The van der Waals surface area contributed by atoms with Crippen LogP contribution in [0.4, 0.5) is 0 Å². The van der Waals surface area contributed by atoms with Crippen LogP contribution in [0.3, 0.4) is 0 Å². The lowest BCUT2D eigenvalue weighted by molar-refractivity contribution is -0.135. The number of rotatable bonds is 0. The van der Waals surface area contributed by atoms with Crippen molar-refractivity contribution in [3.8, 4) is 0 Å². The molecule has 3 saturated carbocycles. The van der Waals surface area contributed by atoms with Gasteiger partial charge in [-0.25, -0.2) is 0 Å². The highest BCUT2D eigenvalue weighted by molar-refractivity contribution is 5.14. The molecule has 0 amide bonds. The van der Waals surface area contributed by atoms with Crippen LogP contribution in [-0.4, -0.2) is 11.2 Å². The Bertz CT molecular complexity index is 437. The van der Waals surface area contributed by atoms with Gasteiger partial charge in [-0.1, -0.05) is 40.7 Å². The van der Waals surface area contributed by atoms with Gasteiger partial charge in [0, 0.05) is 0 Å². The van der Waals surface area contributed by atoms with Gasteiger partial charge < -0.3 is 5.11 Å². The van der Waals surface area contributed by atoms with E-state index in [9.17, 15) is 5.11 Å². The summed E-state index contributed by atoms with van der Waals surface area (Å²) in [5, 5.41) is 10.4. The van der Waals surface area contributed by atoms with Gasteiger partial charge in [0.2, 0.25) is 0 Å². The van der Waals surface area contributed by atoms with Gasteiger partial charge in [0.1, 0.15) is 0 Å². The van der Waals surface area contributed by atoms with Crippen molar-refractivity contribution in [2.45, 2.75) is 85.2 Å². The molecule has 3 aliphatic rings. The van der Waals surface area contributed by atoms with E-state index in [2.05, 4.69) is 34.3 Å². The number of aliphatic hydroxyl groups excluding tert-OH is 1. The zero-order chi connectivity index (χ0) is 15.5. The van der Waals surface area contributed by atoms with Gasteiger partial charge in [0.25, 0.3) is 0 Å². The third kappa shape index (κ3) is 2.31. The normalized spacial score (nSPS) is 50.0. The minimum Gasteiger partial charge on any atom is -0.389 e. The fourth-order valence-corrected chi connectivity index (χ4v) is 6.75. The van der Waals surface area contributed by atoms with Crippen LogP contribution in [-0.2, 0) is 0 Å². The summed E-state index contributed by atoms with van der Waals surface area (Å²) in [4.78, 5) is 0. The van der Waals surface area contributed by atoms with Crippen molar-refractivity contribution in [3.63, 3.8) is 0 Å². The van der Waals surface area contributed by atoms with E-state index in [1.807, 2.05) is 0 Å². The van der Waals surface area contributed by atoms with E-state index in [4.69, 9.17) is 0 Å². The molecule has 21 heavy (non-hydrogen) atoms. The second-order valence-corrected chi connectivity index (χ2v) is 9.56. The van der Waals surface area contributed by atoms with E-state index in [-0.39, 0.29) is 6.10 Å². The van der Waals surface area contributed by atoms with Gasteiger partial charge in [-0.05, 0) is 78.6 Å². The summed E-state index contributed by atoms with van der Waals surface area (Å²) in [5.41, 5.74) is 2.37. The zero-order valence-electron chi connectivity index (χ0n) is 14.5. The van der Waals surface area contributed by atoms with E-state index in [1.54, 1.807) is 0 Å². The highest BCUT2D eigenvalue weighted by Crippen LogP contribution is 2.66. The van der Waals surface area contributed by atoms with E-state index < -0.39 is 0 Å². The Morgan fingerprint density at radius 3 is 2.43 bits per heavy atom. The molecule has 0 heterocycles. The van der Waals surface area contributed by atoms with Gasteiger partial charge >= 0.3 is 0 Å². The summed E-state index contributed by atoms with van der Waals surface area (Å²) in [6.07, 6.45) is 9.78. The molecule has 0 radical (unpaired) electrons. The largest absolute Gasteiger partial charge is 0.389 e.